The molecule has 1 aromatic rings. The van der Waals surface area contributed by atoms with Crippen molar-refractivity contribution in [3.05, 3.63) is 18.2 Å². The van der Waals surface area contributed by atoms with E-state index in [2.05, 4.69) is 29.6 Å². The van der Waals surface area contributed by atoms with E-state index in [0.29, 0.717) is 11.9 Å². The molecule has 1 rings (SSSR count). The Morgan fingerprint density at radius 3 is 2.77 bits per heavy atom. The second kappa shape index (κ2) is 4.67. The van der Waals surface area contributed by atoms with Crippen molar-refractivity contribution in [2.45, 2.75) is 26.3 Å². The van der Waals surface area contributed by atoms with Crippen molar-refractivity contribution < 1.29 is 0 Å². The van der Waals surface area contributed by atoms with Gasteiger partial charge in [-0.25, -0.2) is 10.8 Å². The minimum atomic E-state index is 0.431. The van der Waals surface area contributed by atoms with Crippen molar-refractivity contribution in [1.29, 1.82) is 0 Å². The monoisotopic (exact) mass is 180 g/mol. The molecule has 72 valence electrons. The number of anilines is 2. The Bertz CT molecular complexity index is 262. The molecule has 0 amide bonds. The fraction of sp³-hybridized carbons (Fsp3) is 0.444. The van der Waals surface area contributed by atoms with E-state index in [9.17, 15) is 0 Å². The van der Waals surface area contributed by atoms with E-state index in [0.717, 1.165) is 12.2 Å². The van der Waals surface area contributed by atoms with Crippen LogP contribution in [0, 0.1) is 0 Å². The summed E-state index contributed by atoms with van der Waals surface area (Å²) < 4.78 is 0. The van der Waals surface area contributed by atoms with Crippen molar-refractivity contribution >= 4 is 11.6 Å². The minimum Gasteiger partial charge on any atom is -0.368 e. The summed E-state index contributed by atoms with van der Waals surface area (Å²) in [5.74, 6) is 6.77. The molecule has 1 aromatic heterocycles. The first-order valence-electron chi connectivity index (χ1n) is 4.46. The molecule has 0 fully saturated rings. The third kappa shape index (κ3) is 2.91. The number of hydrazine groups is 1. The first kappa shape index (κ1) is 9.80. The van der Waals surface area contributed by atoms with Gasteiger partial charge in [-0.05, 0) is 25.5 Å². The first-order chi connectivity index (χ1) is 6.26. The van der Waals surface area contributed by atoms with E-state index in [-0.39, 0.29) is 0 Å². The maximum absolute atomic E-state index is 5.24. The average Bonchev–Trinajstić information content (AvgIpc) is 2.18. The Kier molecular flexibility index (Phi) is 3.52. The highest BCUT2D eigenvalue weighted by molar-refractivity contribution is 5.44. The van der Waals surface area contributed by atoms with E-state index in [4.69, 9.17) is 5.84 Å². The second-order valence-electron chi connectivity index (χ2n) is 3.01. The van der Waals surface area contributed by atoms with E-state index < -0.39 is 0 Å². The molecule has 4 N–H and O–H groups in total. The summed E-state index contributed by atoms with van der Waals surface area (Å²) in [4.78, 5) is 4.23. The van der Waals surface area contributed by atoms with Gasteiger partial charge in [-0.2, -0.15) is 0 Å². The highest BCUT2D eigenvalue weighted by Gasteiger charge is 1.99. The summed E-state index contributed by atoms with van der Waals surface area (Å²) in [6, 6.07) is 6.09. The quantitative estimate of drug-likeness (QED) is 0.486. The third-order valence-corrected chi connectivity index (χ3v) is 1.90. The van der Waals surface area contributed by atoms with Crippen LogP contribution in [0.1, 0.15) is 20.3 Å². The number of rotatable bonds is 4. The van der Waals surface area contributed by atoms with Crippen molar-refractivity contribution in [3.63, 3.8) is 0 Å². The van der Waals surface area contributed by atoms with Crippen LogP contribution in [0.2, 0.25) is 0 Å². The Morgan fingerprint density at radius 1 is 1.46 bits per heavy atom. The van der Waals surface area contributed by atoms with Gasteiger partial charge in [0.25, 0.3) is 0 Å². The Balaban J connectivity index is 2.66. The van der Waals surface area contributed by atoms with Gasteiger partial charge in [0.05, 0.1) is 0 Å². The molecule has 4 nitrogen and oxygen atoms in total. The molecule has 0 saturated carbocycles. The third-order valence-electron chi connectivity index (χ3n) is 1.90. The van der Waals surface area contributed by atoms with Gasteiger partial charge in [-0.3, -0.25) is 0 Å². The highest BCUT2D eigenvalue weighted by atomic mass is 15.3. The minimum absolute atomic E-state index is 0.431. The highest BCUT2D eigenvalue weighted by Crippen LogP contribution is 2.09. The zero-order valence-electron chi connectivity index (χ0n) is 8.04. The van der Waals surface area contributed by atoms with Crippen LogP contribution in [-0.2, 0) is 0 Å². The summed E-state index contributed by atoms with van der Waals surface area (Å²) in [5, 5.41) is 3.26. The van der Waals surface area contributed by atoms with Crippen LogP contribution >= 0.6 is 0 Å². The molecule has 0 aliphatic heterocycles. The SMILES string of the molecule is CCC(C)Nc1cccc(NN)n1. The summed E-state index contributed by atoms with van der Waals surface area (Å²) >= 11 is 0. The topological polar surface area (TPSA) is 63.0 Å². The summed E-state index contributed by atoms with van der Waals surface area (Å²) in [6.07, 6.45) is 1.07. The summed E-state index contributed by atoms with van der Waals surface area (Å²) in [7, 11) is 0. The fourth-order valence-corrected chi connectivity index (χ4v) is 0.950. The standard InChI is InChI=1S/C9H16N4/c1-3-7(2)11-8-5-4-6-9(12-8)13-10/h4-7H,3,10H2,1-2H3,(H2,11,12,13). The maximum atomic E-state index is 5.24. The molecule has 0 aliphatic carbocycles. The second-order valence-corrected chi connectivity index (χ2v) is 3.01. The number of nitrogen functional groups attached to an aromatic ring is 1. The van der Waals surface area contributed by atoms with Crippen LogP contribution in [0.3, 0.4) is 0 Å². The van der Waals surface area contributed by atoms with E-state index in [1.54, 1.807) is 0 Å². The maximum Gasteiger partial charge on any atom is 0.142 e. The van der Waals surface area contributed by atoms with Crippen molar-refractivity contribution in [2.24, 2.45) is 5.84 Å². The molecule has 0 aliphatic rings. The largest absolute Gasteiger partial charge is 0.368 e. The number of nitrogens with zero attached hydrogens (tertiary/aromatic N) is 1. The lowest BCUT2D eigenvalue weighted by atomic mass is 10.2. The van der Waals surface area contributed by atoms with E-state index >= 15 is 0 Å². The molecular weight excluding hydrogens is 164 g/mol. The Labute approximate surface area is 78.5 Å². The van der Waals surface area contributed by atoms with Crippen LogP contribution in [0.25, 0.3) is 0 Å². The van der Waals surface area contributed by atoms with E-state index in [1.807, 2.05) is 18.2 Å². The summed E-state index contributed by atoms with van der Waals surface area (Å²) in [6.45, 7) is 4.24. The molecule has 1 unspecified atom stereocenters. The van der Waals surface area contributed by atoms with Crippen LogP contribution in [0.15, 0.2) is 18.2 Å². The molecule has 0 spiro atoms. The molecule has 1 atom stereocenters. The van der Waals surface area contributed by atoms with Gasteiger partial charge in [-0.15, -0.1) is 0 Å². The number of pyridine rings is 1. The zero-order valence-corrected chi connectivity index (χ0v) is 8.04. The van der Waals surface area contributed by atoms with Gasteiger partial charge in [0.1, 0.15) is 11.6 Å². The molecule has 0 radical (unpaired) electrons. The predicted molar refractivity (Wildman–Crippen MR) is 55.4 cm³/mol. The lowest BCUT2D eigenvalue weighted by Gasteiger charge is -2.12. The van der Waals surface area contributed by atoms with Crippen LogP contribution < -0.4 is 16.6 Å². The normalized spacial score (nSPS) is 12.2. The van der Waals surface area contributed by atoms with Crippen LogP contribution in [0.5, 0.6) is 0 Å². The number of hydrogen-bond donors (Lipinski definition) is 3. The molecule has 1 heterocycles. The fourth-order valence-electron chi connectivity index (χ4n) is 0.950. The number of nitrogens with two attached hydrogens (primary N) is 1. The Hall–Kier alpha value is -1.29. The van der Waals surface area contributed by atoms with Crippen molar-refractivity contribution in [2.75, 3.05) is 10.7 Å². The first-order valence-corrected chi connectivity index (χ1v) is 4.46. The van der Waals surface area contributed by atoms with E-state index in [1.165, 1.54) is 0 Å². The van der Waals surface area contributed by atoms with Gasteiger partial charge in [0, 0.05) is 6.04 Å². The summed E-state index contributed by atoms with van der Waals surface area (Å²) in [5.41, 5.74) is 2.51. The molecular formula is C9H16N4. The lowest BCUT2D eigenvalue weighted by Crippen LogP contribution is -2.15. The average molecular weight is 180 g/mol. The molecule has 4 heteroatoms. The predicted octanol–water partition coefficient (Wildman–Crippen LogP) is 1.58. The molecule has 0 aromatic carbocycles. The zero-order chi connectivity index (χ0) is 9.68. The molecule has 13 heavy (non-hydrogen) atoms. The number of nitrogens with one attached hydrogen (secondary N) is 2. The smallest absolute Gasteiger partial charge is 0.142 e. The van der Waals surface area contributed by atoms with Gasteiger partial charge >= 0.3 is 0 Å². The van der Waals surface area contributed by atoms with Crippen molar-refractivity contribution in [3.8, 4) is 0 Å². The lowest BCUT2D eigenvalue weighted by molar-refractivity contribution is 0.759. The van der Waals surface area contributed by atoms with Crippen LogP contribution in [-0.4, -0.2) is 11.0 Å². The molecule has 0 saturated heterocycles. The number of aromatic nitrogens is 1. The van der Waals surface area contributed by atoms with Crippen LogP contribution in [0.4, 0.5) is 11.6 Å². The van der Waals surface area contributed by atoms with Gasteiger partial charge in [0.2, 0.25) is 0 Å². The van der Waals surface area contributed by atoms with Gasteiger partial charge < -0.3 is 10.7 Å². The Morgan fingerprint density at radius 2 is 2.15 bits per heavy atom. The number of hydrogen-bond acceptors (Lipinski definition) is 4. The van der Waals surface area contributed by atoms with Gasteiger partial charge in [0.15, 0.2) is 0 Å². The molecule has 0 bridgehead atoms. The van der Waals surface area contributed by atoms with Crippen molar-refractivity contribution in [1.82, 2.24) is 4.98 Å². The van der Waals surface area contributed by atoms with Gasteiger partial charge in [-0.1, -0.05) is 13.0 Å².